The minimum atomic E-state index is -5.13. The zero-order valence-corrected chi connectivity index (χ0v) is 22.0. The maximum absolute atomic E-state index is 13.9. The molecule has 0 saturated heterocycles. The van der Waals surface area contributed by atoms with Gasteiger partial charge in [0.1, 0.15) is 23.9 Å². The Morgan fingerprint density at radius 1 is 1.05 bits per heavy atom. The van der Waals surface area contributed by atoms with Gasteiger partial charge >= 0.3 is 18.1 Å². The van der Waals surface area contributed by atoms with E-state index in [0.717, 1.165) is 11.3 Å². The average molecular weight is 556 g/mol. The highest BCUT2D eigenvalue weighted by Crippen LogP contribution is 2.47. The molecule has 0 N–H and O–H groups in total. The molecule has 8 nitrogen and oxygen atoms in total. The van der Waals surface area contributed by atoms with Crippen LogP contribution in [0.4, 0.5) is 30.4 Å². The summed E-state index contributed by atoms with van der Waals surface area (Å²) in [6.07, 6.45) is -2.60. The van der Waals surface area contributed by atoms with Gasteiger partial charge in [0, 0.05) is 41.5 Å². The van der Waals surface area contributed by atoms with Gasteiger partial charge in [-0.15, -0.1) is 0 Å². The molecule has 2 atom stereocenters. The number of aromatic nitrogens is 1. The Balaban J connectivity index is 1.54. The fourth-order valence-electron chi connectivity index (χ4n) is 5.18. The van der Waals surface area contributed by atoms with Crippen molar-refractivity contribution in [1.82, 2.24) is 4.98 Å². The molecule has 0 bridgehead atoms. The molecule has 0 radical (unpaired) electrons. The van der Waals surface area contributed by atoms with Crippen LogP contribution in [0.15, 0.2) is 60.8 Å². The molecule has 2 aliphatic rings. The molecule has 1 amide bonds. The van der Waals surface area contributed by atoms with E-state index in [1.54, 1.807) is 30.5 Å². The van der Waals surface area contributed by atoms with Crippen molar-refractivity contribution in [3.8, 4) is 11.5 Å². The van der Waals surface area contributed by atoms with Gasteiger partial charge in [-0.2, -0.15) is 13.2 Å². The van der Waals surface area contributed by atoms with Gasteiger partial charge in [0.05, 0.1) is 31.9 Å². The Kier molecular flexibility index (Phi) is 7.55. The van der Waals surface area contributed by atoms with Gasteiger partial charge in [0.15, 0.2) is 0 Å². The number of hydrogen-bond acceptors (Lipinski definition) is 7. The molecule has 0 aliphatic carbocycles. The normalized spacial score (nSPS) is 17.3. The summed E-state index contributed by atoms with van der Waals surface area (Å²) in [7, 11) is 1.29. The van der Waals surface area contributed by atoms with Crippen LogP contribution in [0, 0.1) is 0 Å². The van der Waals surface area contributed by atoms with Gasteiger partial charge in [-0.05, 0) is 30.7 Å². The van der Waals surface area contributed by atoms with Crippen molar-refractivity contribution in [2.45, 2.75) is 37.9 Å². The van der Waals surface area contributed by atoms with Crippen molar-refractivity contribution in [3.63, 3.8) is 0 Å². The Morgan fingerprint density at radius 2 is 1.88 bits per heavy atom. The first kappa shape index (κ1) is 27.3. The Labute approximate surface area is 229 Å². The number of methoxy groups -OCH3 is 1. The molecule has 3 aromatic rings. The maximum atomic E-state index is 13.9. The number of ether oxygens (including phenoxy) is 3. The van der Waals surface area contributed by atoms with E-state index in [-0.39, 0.29) is 31.2 Å². The van der Waals surface area contributed by atoms with Crippen LogP contribution >= 0.6 is 0 Å². The zero-order valence-electron chi connectivity index (χ0n) is 22.0. The summed E-state index contributed by atoms with van der Waals surface area (Å²) >= 11 is 0. The van der Waals surface area contributed by atoms with Crippen LogP contribution < -0.4 is 19.3 Å². The number of anilines is 3. The van der Waals surface area contributed by atoms with Crippen LogP contribution in [0.3, 0.4) is 0 Å². The molecule has 0 fully saturated rings. The summed E-state index contributed by atoms with van der Waals surface area (Å²) in [6, 6.07) is 14.1. The highest BCUT2D eigenvalue weighted by Gasteiger charge is 2.48. The van der Waals surface area contributed by atoms with Gasteiger partial charge in [-0.25, -0.2) is 4.98 Å². The first-order chi connectivity index (χ1) is 19.2. The molecular weight excluding hydrogens is 527 g/mol. The van der Waals surface area contributed by atoms with E-state index in [2.05, 4.69) is 4.98 Å². The number of rotatable bonds is 8. The van der Waals surface area contributed by atoms with Crippen LogP contribution in [0.25, 0.3) is 0 Å². The lowest BCUT2D eigenvalue weighted by Gasteiger charge is -2.29. The number of amides is 1. The predicted octanol–water partition coefficient (Wildman–Crippen LogP) is 5.70. The molecule has 3 heterocycles. The number of halogens is 3. The summed E-state index contributed by atoms with van der Waals surface area (Å²) < 4.78 is 58.2. The lowest BCUT2D eigenvalue weighted by Crippen LogP contribution is -2.44. The van der Waals surface area contributed by atoms with Crippen LogP contribution in [0.1, 0.15) is 42.9 Å². The van der Waals surface area contributed by atoms with Crippen LogP contribution in [0.5, 0.6) is 11.5 Å². The number of benzene rings is 2. The topological polar surface area (TPSA) is 81.2 Å². The fraction of sp³-hybridized carbons (Fsp3) is 0.345. The molecule has 11 heteroatoms. The summed E-state index contributed by atoms with van der Waals surface area (Å²) in [4.78, 5) is 31.8. The fourth-order valence-corrected chi connectivity index (χ4v) is 5.18. The lowest BCUT2D eigenvalue weighted by molar-refractivity contribution is -0.171. The standard InChI is InChI=1S/C29H28F3N3O5/c1-3-13-34(25-9-4-5-12-33-25)22-8-6-7-21-23(17-40-27(21)22)35(28(37)29(30,31)32)19-10-11-20-18(14-26(36)38-2)16-39-24(20)15-19/h4-12,15,18,23H,3,13-14,16-17H2,1-2H3/t18-,23-/m1/s1. The van der Waals surface area contributed by atoms with Crippen LogP contribution in [0.2, 0.25) is 0 Å². The van der Waals surface area contributed by atoms with Crippen molar-refractivity contribution in [2.75, 3.05) is 36.7 Å². The highest BCUT2D eigenvalue weighted by atomic mass is 19.4. The molecule has 40 heavy (non-hydrogen) atoms. The largest absolute Gasteiger partial charge is 0.493 e. The Hall–Kier alpha value is -4.28. The second-order valence-electron chi connectivity index (χ2n) is 9.55. The number of fused-ring (bicyclic) bond motifs is 2. The van der Waals surface area contributed by atoms with Crippen molar-refractivity contribution >= 4 is 29.1 Å². The second kappa shape index (κ2) is 11.1. The van der Waals surface area contributed by atoms with E-state index in [9.17, 15) is 22.8 Å². The molecule has 1 aromatic heterocycles. The van der Waals surface area contributed by atoms with Gasteiger partial charge in [0.25, 0.3) is 0 Å². The molecule has 0 spiro atoms. The van der Waals surface area contributed by atoms with Crippen LogP contribution in [-0.4, -0.2) is 49.9 Å². The zero-order chi connectivity index (χ0) is 28.4. The van der Waals surface area contributed by atoms with Crippen molar-refractivity contribution in [3.05, 3.63) is 71.9 Å². The van der Waals surface area contributed by atoms with E-state index in [4.69, 9.17) is 14.2 Å². The summed E-state index contributed by atoms with van der Waals surface area (Å²) in [5.74, 6) is -1.33. The summed E-state index contributed by atoms with van der Waals surface area (Å²) in [5.41, 5.74) is 1.80. The first-order valence-corrected chi connectivity index (χ1v) is 12.9. The third-order valence-corrected chi connectivity index (χ3v) is 7.00. The number of pyridine rings is 1. The Bertz CT molecular complexity index is 1400. The lowest BCUT2D eigenvalue weighted by atomic mass is 9.97. The SMILES string of the molecule is CCCN(c1ccccn1)c1cccc2c1OC[C@H]2N(C(=O)C(F)(F)F)c1ccc2c(c1)OC[C@H]2CC(=O)OC. The molecular formula is C29H28F3N3O5. The van der Waals surface area contributed by atoms with Crippen LogP contribution in [-0.2, 0) is 14.3 Å². The van der Waals surface area contributed by atoms with Gasteiger partial charge in [-0.3, -0.25) is 14.5 Å². The Morgan fingerprint density at radius 3 is 2.58 bits per heavy atom. The highest BCUT2D eigenvalue weighted by molar-refractivity contribution is 5.98. The van der Waals surface area contributed by atoms with Crippen molar-refractivity contribution in [1.29, 1.82) is 0 Å². The number of carbonyl (C=O) groups is 2. The quantitative estimate of drug-likeness (QED) is 0.330. The number of hydrogen-bond donors (Lipinski definition) is 0. The summed E-state index contributed by atoms with van der Waals surface area (Å²) in [6.45, 7) is 2.62. The van der Waals surface area contributed by atoms with E-state index in [0.29, 0.717) is 40.7 Å². The van der Waals surface area contributed by atoms with Crippen molar-refractivity contribution < 1.29 is 37.0 Å². The number of carbonyl (C=O) groups excluding carboxylic acids is 2. The summed E-state index contributed by atoms with van der Waals surface area (Å²) in [5, 5.41) is 0. The third-order valence-electron chi connectivity index (χ3n) is 7.00. The molecule has 0 unspecified atom stereocenters. The van der Waals surface area contributed by atoms with Gasteiger partial charge in [-0.1, -0.05) is 31.2 Å². The first-order valence-electron chi connectivity index (χ1n) is 12.9. The van der Waals surface area contributed by atoms with Gasteiger partial charge in [0.2, 0.25) is 0 Å². The molecule has 2 aliphatic heterocycles. The monoisotopic (exact) mass is 555 g/mol. The molecule has 0 saturated carbocycles. The van der Waals surface area contributed by atoms with Crippen molar-refractivity contribution in [2.24, 2.45) is 0 Å². The number of nitrogens with zero attached hydrogens (tertiary/aromatic N) is 3. The number of para-hydroxylation sites is 1. The minimum absolute atomic E-state index is 0.0155. The maximum Gasteiger partial charge on any atom is 0.471 e. The predicted molar refractivity (Wildman–Crippen MR) is 141 cm³/mol. The van der Waals surface area contributed by atoms with Gasteiger partial charge < -0.3 is 19.1 Å². The smallest absolute Gasteiger partial charge is 0.471 e. The minimum Gasteiger partial charge on any atom is -0.493 e. The number of alkyl halides is 3. The molecule has 5 rings (SSSR count). The van der Waals surface area contributed by atoms with E-state index in [1.165, 1.54) is 19.2 Å². The van der Waals surface area contributed by atoms with E-state index >= 15 is 0 Å². The third kappa shape index (κ3) is 5.15. The van der Waals surface area contributed by atoms with E-state index in [1.807, 2.05) is 30.0 Å². The second-order valence-corrected chi connectivity index (χ2v) is 9.55. The average Bonchev–Trinajstić information content (AvgIpc) is 3.56. The van der Waals surface area contributed by atoms with E-state index < -0.39 is 24.1 Å². The number of esters is 1. The molecule has 210 valence electrons. The molecule has 2 aromatic carbocycles.